The van der Waals surface area contributed by atoms with Gasteiger partial charge in [0.25, 0.3) is 0 Å². The van der Waals surface area contributed by atoms with Crippen LogP contribution in [0.15, 0.2) is 48.5 Å². The normalized spacial score (nSPS) is 10.2. The monoisotopic (exact) mass is 285 g/mol. The topological polar surface area (TPSA) is 30.5 Å². The zero-order valence-electron chi connectivity index (χ0n) is 12.8. The number of benzene rings is 2. The predicted octanol–water partition coefficient (Wildman–Crippen LogP) is 4.14. The number of rotatable bonds is 8. The molecule has 0 fully saturated rings. The van der Waals surface area contributed by atoms with Crippen molar-refractivity contribution in [3.63, 3.8) is 0 Å². The Labute approximate surface area is 126 Å². The summed E-state index contributed by atoms with van der Waals surface area (Å²) in [5.41, 5.74) is 2.52. The molecule has 0 heterocycles. The molecule has 0 saturated heterocycles. The number of hydrogen-bond donors (Lipinski definition) is 1. The molecule has 0 amide bonds. The Balaban J connectivity index is 1.67. The van der Waals surface area contributed by atoms with E-state index in [-0.39, 0.29) is 0 Å². The zero-order chi connectivity index (χ0) is 14.9. The summed E-state index contributed by atoms with van der Waals surface area (Å²) >= 11 is 0. The SMILES string of the molecule is CNc1ccc(CCCCOc2cccc(OC)c2)cc1. The van der Waals surface area contributed by atoms with E-state index in [1.165, 1.54) is 5.56 Å². The molecule has 0 aromatic heterocycles. The zero-order valence-corrected chi connectivity index (χ0v) is 12.8. The van der Waals surface area contributed by atoms with Gasteiger partial charge >= 0.3 is 0 Å². The van der Waals surface area contributed by atoms with Gasteiger partial charge in [0.05, 0.1) is 13.7 Å². The van der Waals surface area contributed by atoms with Crippen LogP contribution in [0.2, 0.25) is 0 Å². The van der Waals surface area contributed by atoms with Crippen molar-refractivity contribution in [1.82, 2.24) is 0 Å². The molecule has 0 spiro atoms. The van der Waals surface area contributed by atoms with Gasteiger partial charge < -0.3 is 14.8 Å². The lowest BCUT2D eigenvalue weighted by Gasteiger charge is -2.08. The van der Waals surface area contributed by atoms with Crippen LogP contribution in [-0.4, -0.2) is 20.8 Å². The second-order valence-electron chi connectivity index (χ2n) is 4.93. The fourth-order valence-electron chi connectivity index (χ4n) is 2.15. The molecule has 0 aliphatic carbocycles. The fourth-order valence-corrected chi connectivity index (χ4v) is 2.15. The molecule has 0 radical (unpaired) electrons. The highest BCUT2D eigenvalue weighted by molar-refractivity contribution is 5.43. The largest absolute Gasteiger partial charge is 0.497 e. The third-order valence-electron chi connectivity index (χ3n) is 3.41. The molecule has 2 rings (SSSR count). The van der Waals surface area contributed by atoms with Crippen LogP contribution in [0.4, 0.5) is 5.69 Å². The van der Waals surface area contributed by atoms with Crippen LogP contribution in [0.1, 0.15) is 18.4 Å². The Hall–Kier alpha value is -2.16. The molecule has 0 aliphatic rings. The maximum atomic E-state index is 5.73. The minimum absolute atomic E-state index is 0.738. The first-order valence-electron chi connectivity index (χ1n) is 7.35. The van der Waals surface area contributed by atoms with Gasteiger partial charge in [-0.3, -0.25) is 0 Å². The number of aryl methyl sites for hydroxylation is 1. The van der Waals surface area contributed by atoms with Crippen molar-refractivity contribution in [1.29, 1.82) is 0 Å². The van der Waals surface area contributed by atoms with Crippen LogP contribution in [0.5, 0.6) is 11.5 Å². The first-order valence-corrected chi connectivity index (χ1v) is 7.35. The molecule has 1 N–H and O–H groups in total. The predicted molar refractivity (Wildman–Crippen MR) is 87.4 cm³/mol. The van der Waals surface area contributed by atoms with E-state index >= 15 is 0 Å². The quantitative estimate of drug-likeness (QED) is 0.739. The number of ether oxygens (including phenoxy) is 2. The molecule has 21 heavy (non-hydrogen) atoms. The van der Waals surface area contributed by atoms with Gasteiger partial charge in [0, 0.05) is 18.8 Å². The average Bonchev–Trinajstić information content (AvgIpc) is 2.55. The van der Waals surface area contributed by atoms with Crippen molar-refractivity contribution in [3.8, 4) is 11.5 Å². The molecule has 2 aromatic rings. The van der Waals surface area contributed by atoms with E-state index in [2.05, 4.69) is 29.6 Å². The Morgan fingerprint density at radius 1 is 0.952 bits per heavy atom. The van der Waals surface area contributed by atoms with Crippen molar-refractivity contribution in [2.24, 2.45) is 0 Å². The lowest BCUT2D eigenvalue weighted by atomic mass is 10.1. The minimum atomic E-state index is 0.738. The molecule has 3 nitrogen and oxygen atoms in total. The molecule has 2 aromatic carbocycles. The van der Waals surface area contributed by atoms with Crippen molar-refractivity contribution < 1.29 is 9.47 Å². The van der Waals surface area contributed by atoms with Crippen molar-refractivity contribution in [2.75, 3.05) is 26.1 Å². The summed E-state index contributed by atoms with van der Waals surface area (Å²) in [7, 11) is 3.60. The van der Waals surface area contributed by atoms with Crippen LogP contribution in [-0.2, 0) is 6.42 Å². The van der Waals surface area contributed by atoms with Crippen LogP contribution >= 0.6 is 0 Å². The number of unbranched alkanes of at least 4 members (excludes halogenated alkanes) is 1. The highest BCUT2D eigenvalue weighted by atomic mass is 16.5. The summed E-state index contributed by atoms with van der Waals surface area (Å²) in [4.78, 5) is 0. The second-order valence-corrected chi connectivity index (χ2v) is 4.93. The first-order chi connectivity index (χ1) is 10.3. The molecule has 0 atom stereocenters. The summed E-state index contributed by atoms with van der Waals surface area (Å²) in [5.74, 6) is 1.70. The number of anilines is 1. The summed E-state index contributed by atoms with van der Waals surface area (Å²) in [6, 6.07) is 16.3. The van der Waals surface area contributed by atoms with Crippen molar-refractivity contribution >= 4 is 5.69 Å². The number of nitrogens with one attached hydrogen (secondary N) is 1. The first kappa shape index (κ1) is 15.2. The van der Waals surface area contributed by atoms with Crippen LogP contribution < -0.4 is 14.8 Å². The molecule has 0 unspecified atom stereocenters. The Morgan fingerprint density at radius 2 is 1.71 bits per heavy atom. The van der Waals surface area contributed by atoms with Crippen LogP contribution in [0.25, 0.3) is 0 Å². The smallest absolute Gasteiger partial charge is 0.122 e. The summed E-state index contributed by atoms with van der Waals surface area (Å²) in [6.45, 7) is 0.738. The van der Waals surface area contributed by atoms with Crippen LogP contribution in [0, 0.1) is 0 Å². The van der Waals surface area contributed by atoms with Crippen LogP contribution in [0.3, 0.4) is 0 Å². The van der Waals surface area contributed by atoms with Gasteiger partial charge in [-0.05, 0) is 49.1 Å². The average molecular weight is 285 g/mol. The van der Waals surface area contributed by atoms with Gasteiger partial charge in [0.2, 0.25) is 0 Å². The summed E-state index contributed by atoms with van der Waals surface area (Å²) in [6.07, 6.45) is 3.26. The Kier molecular flexibility index (Phi) is 5.95. The molecule has 112 valence electrons. The molecule has 3 heteroatoms. The summed E-state index contributed by atoms with van der Waals surface area (Å²) < 4.78 is 10.9. The molecule has 0 saturated carbocycles. The molecular weight excluding hydrogens is 262 g/mol. The van der Waals surface area contributed by atoms with Gasteiger partial charge in [-0.2, -0.15) is 0 Å². The highest BCUT2D eigenvalue weighted by Gasteiger charge is 1.98. The molecule has 0 bridgehead atoms. The van der Waals surface area contributed by atoms with E-state index in [4.69, 9.17) is 9.47 Å². The fraction of sp³-hybridized carbons (Fsp3) is 0.333. The second kappa shape index (κ2) is 8.20. The lowest BCUT2D eigenvalue weighted by Crippen LogP contribution is -1.98. The standard InChI is InChI=1S/C18H23NO2/c1-19-16-11-9-15(10-12-16)6-3-4-13-21-18-8-5-7-17(14-18)20-2/h5,7-12,14,19H,3-4,6,13H2,1-2H3. The number of hydrogen-bond acceptors (Lipinski definition) is 3. The highest BCUT2D eigenvalue weighted by Crippen LogP contribution is 2.19. The van der Waals surface area contributed by atoms with Gasteiger partial charge in [0.1, 0.15) is 11.5 Å². The Morgan fingerprint density at radius 3 is 2.43 bits per heavy atom. The third-order valence-corrected chi connectivity index (χ3v) is 3.41. The minimum Gasteiger partial charge on any atom is -0.497 e. The van der Waals surface area contributed by atoms with E-state index < -0.39 is 0 Å². The lowest BCUT2D eigenvalue weighted by molar-refractivity contribution is 0.304. The van der Waals surface area contributed by atoms with E-state index in [1.54, 1.807) is 7.11 Å². The van der Waals surface area contributed by atoms with Gasteiger partial charge in [-0.1, -0.05) is 18.2 Å². The summed E-state index contributed by atoms with van der Waals surface area (Å²) in [5, 5.41) is 3.13. The van der Waals surface area contributed by atoms with Gasteiger partial charge in [-0.25, -0.2) is 0 Å². The van der Waals surface area contributed by atoms with Gasteiger partial charge in [-0.15, -0.1) is 0 Å². The third kappa shape index (κ3) is 5.03. The van der Waals surface area contributed by atoms with E-state index in [0.717, 1.165) is 43.1 Å². The van der Waals surface area contributed by atoms with Gasteiger partial charge in [0.15, 0.2) is 0 Å². The Bertz CT molecular complexity index is 537. The van der Waals surface area contributed by atoms with Crippen molar-refractivity contribution in [3.05, 3.63) is 54.1 Å². The maximum Gasteiger partial charge on any atom is 0.122 e. The van der Waals surface area contributed by atoms with E-state index in [1.807, 2.05) is 31.3 Å². The van der Waals surface area contributed by atoms with E-state index in [0.29, 0.717) is 0 Å². The number of methoxy groups -OCH3 is 1. The maximum absolute atomic E-state index is 5.73. The molecule has 0 aliphatic heterocycles. The van der Waals surface area contributed by atoms with E-state index in [9.17, 15) is 0 Å². The molecular formula is C18H23NO2. The van der Waals surface area contributed by atoms with Crippen molar-refractivity contribution in [2.45, 2.75) is 19.3 Å².